The molecule has 1 aromatic heterocycles. The molecule has 2 aromatic carbocycles. The van der Waals surface area contributed by atoms with E-state index in [9.17, 15) is 22.8 Å². The number of hydrogen-bond acceptors (Lipinski definition) is 4. The quantitative estimate of drug-likeness (QED) is 0.396. The minimum absolute atomic E-state index is 0. The molecule has 1 amide bonds. The van der Waals surface area contributed by atoms with Crippen LogP contribution >= 0.6 is 0 Å². The van der Waals surface area contributed by atoms with Crippen LogP contribution in [0, 0.1) is 0 Å². The molecule has 0 aliphatic carbocycles. The first kappa shape index (κ1) is 26.2. The zero-order valence-corrected chi connectivity index (χ0v) is 19.4. The molecular formula is C25H23ClF3N3O3. The number of pyridine rings is 1. The van der Waals surface area contributed by atoms with Gasteiger partial charge in [-0.05, 0) is 18.2 Å². The number of morpholine rings is 1. The molecule has 0 spiro atoms. The van der Waals surface area contributed by atoms with Gasteiger partial charge in [0, 0.05) is 36.3 Å². The van der Waals surface area contributed by atoms with Gasteiger partial charge in [-0.25, -0.2) is 0 Å². The van der Waals surface area contributed by atoms with Crippen LogP contribution in [0.2, 0.25) is 0 Å². The SMILES string of the molecule is O=C(C[n+]1ccc(C(=O)c2ccccc2)cc1)Nc1cc(C(F)(F)F)ccc1N1CCOCC1.[Cl-]. The van der Waals surface area contributed by atoms with E-state index in [1.807, 2.05) is 11.0 Å². The number of alkyl halides is 3. The number of ether oxygens (including phenoxy) is 1. The molecule has 0 saturated carbocycles. The third-order valence-corrected chi connectivity index (χ3v) is 5.47. The highest BCUT2D eigenvalue weighted by Gasteiger charge is 2.32. The summed E-state index contributed by atoms with van der Waals surface area (Å²) in [4.78, 5) is 27.1. The second-order valence-electron chi connectivity index (χ2n) is 7.83. The predicted octanol–water partition coefficient (Wildman–Crippen LogP) is 0.703. The van der Waals surface area contributed by atoms with Crippen molar-refractivity contribution in [2.45, 2.75) is 12.7 Å². The smallest absolute Gasteiger partial charge is 0.416 e. The minimum atomic E-state index is -4.53. The number of halogens is 4. The number of aromatic nitrogens is 1. The molecule has 0 unspecified atom stereocenters. The first-order valence-corrected chi connectivity index (χ1v) is 10.7. The summed E-state index contributed by atoms with van der Waals surface area (Å²) in [6, 6.07) is 15.4. The molecule has 1 aliphatic rings. The Labute approximate surface area is 206 Å². The van der Waals surface area contributed by atoms with Gasteiger partial charge in [-0.15, -0.1) is 0 Å². The summed E-state index contributed by atoms with van der Waals surface area (Å²) in [5.41, 5.74) is 0.793. The van der Waals surface area contributed by atoms with Crippen molar-refractivity contribution in [2.24, 2.45) is 0 Å². The number of benzene rings is 2. The van der Waals surface area contributed by atoms with E-state index >= 15 is 0 Å². The van der Waals surface area contributed by atoms with Crippen LogP contribution in [0.15, 0.2) is 73.1 Å². The fraction of sp³-hybridized carbons (Fsp3) is 0.240. The highest BCUT2D eigenvalue weighted by atomic mass is 35.5. The van der Waals surface area contributed by atoms with Gasteiger partial charge < -0.3 is 27.4 Å². The van der Waals surface area contributed by atoms with Crippen LogP contribution in [0.3, 0.4) is 0 Å². The Morgan fingerprint density at radius 3 is 2.20 bits per heavy atom. The van der Waals surface area contributed by atoms with Crippen molar-refractivity contribution in [3.63, 3.8) is 0 Å². The molecule has 1 N–H and O–H groups in total. The summed E-state index contributed by atoms with van der Waals surface area (Å²) >= 11 is 0. The molecule has 0 bridgehead atoms. The number of anilines is 2. The normalized spacial score (nSPS) is 13.6. The van der Waals surface area contributed by atoms with Crippen molar-refractivity contribution in [2.75, 3.05) is 36.5 Å². The molecule has 6 nitrogen and oxygen atoms in total. The van der Waals surface area contributed by atoms with Crippen molar-refractivity contribution in [3.8, 4) is 0 Å². The maximum atomic E-state index is 13.3. The standard InChI is InChI=1S/C25H22F3N3O3.ClH/c26-25(27,28)20-6-7-22(31-12-14-34-15-13-31)21(16-20)29-23(32)17-30-10-8-19(9-11-30)24(33)18-4-2-1-3-5-18;/h1-11,16H,12-15,17H2;1H. The maximum Gasteiger partial charge on any atom is 0.416 e. The van der Waals surface area contributed by atoms with Gasteiger partial charge in [-0.1, -0.05) is 30.3 Å². The highest BCUT2D eigenvalue weighted by molar-refractivity contribution is 6.08. The van der Waals surface area contributed by atoms with E-state index in [-0.39, 0.29) is 30.4 Å². The second-order valence-corrected chi connectivity index (χ2v) is 7.83. The minimum Gasteiger partial charge on any atom is -1.00 e. The third-order valence-electron chi connectivity index (χ3n) is 5.47. The lowest BCUT2D eigenvalue weighted by molar-refractivity contribution is -0.684. The molecule has 1 aliphatic heterocycles. The number of ketones is 1. The lowest BCUT2D eigenvalue weighted by Crippen LogP contribution is -3.00. The summed E-state index contributed by atoms with van der Waals surface area (Å²) in [7, 11) is 0. The summed E-state index contributed by atoms with van der Waals surface area (Å²) in [5.74, 6) is -0.628. The van der Waals surface area contributed by atoms with Crippen LogP contribution in [0.4, 0.5) is 24.5 Å². The van der Waals surface area contributed by atoms with Crippen LogP contribution in [0.5, 0.6) is 0 Å². The van der Waals surface area contributed by atoms with E-state index < -0.39 is 17.6 Å². The van der Waals surface area contributed by atoms with E-state index in [2.05, 4.69) is 5.32 Å². The molecule has 1 saturated heterocycles. The molecule has 10 heteroatoms. The number of carbonyl (C=O) groups excluding carboxylic acids is 2. The lowest BCUT2D eigenvalue weighted by atomic mass is 10.0. The fourth-order valence-electron chi connectivity index (χ4n) is 3.72. The first-order chi connectivity index (χ1) is 16.3. The van der Waals surface area contributed by atoms with Crippen LogP contribution < -0.4 is 27.2 Å². The van der Waals surface area contributed by atoms with Crippen molar-refractivity contribution < 1.29 is 44.5 Å². The van der Waals surface area contributed by atoms with Crippen molar-refractivity contribution in [3.05, 3.63) is 89.7 Å². The van der Waals surface area contributed by atoms with Gasteiger partial charge in [0.2, 0.25) is 6.54 Å². The molecule has 3 aromatic rings. The zero-order chi connectivity index (χ0) is 24.1. The van der Waals surface area contributed by atoms with Gasteiger partial charge in [-0.2, -0.15) is 17.7 Å². The summed E-state index contributed by atoms with van der Waals surface area (Å²) in [5, 5.41) is 2.62. The Hall–Kier alpha value is -3.43. The number of nitrogens with zero attached hydrogens (tertiary/aromatic N) is 2. The number of amides is 1. The molecule has 0 radical (unpaired) electrons. The monoisotopic (exact) mass is 505 g/mol. The highest BCUT2D eigenvalue weighted by Crippen LogP contribution is 2.35. The zero-order valence-electron chi connectivity index (χ0n) is 18.6. The van der Waals surface area contributed by atoms with E-state index in [0.29, 0.717) is 43.1 Å². The summed E-state index contributed by atoms with van der Waals surface area (Å²) in [6.45, 7) is 1.81. The second kappa shape index (κ2) is 11.3. The Bertz CT molecular complexity index is 1170. The maximum absolute atomic E-state index is 13.3. The molecule has 4 rings (SSSR count). The lowest BCUT2D eigenvalue weighted by Gasteiger charge is -2.30. The van der Waals surface area contributed by atoms with Gasteiger partial charge in [0.1, 0.15) is 0 Å². The van der Waals surface area contributed by atoms with Gasteiger partial charge in [0.15, 0.2) is 18.2 Å². The first-order valence-electron chi connectivity index (χ1n) is 10.7. The van der Waals surface area contributed by atoms with E-state index in [0.717, 1.165) is 12.1 Å². The number of carbonyl (C=O) groups is 2. The van der Waals surface area contributed by atoms with Crippen LogP contribution in [0.1, 0.15) is 21.5 Å². The average molecular weight is 506 g/mol. The van der Waals surface area contributed by atoms with Gasteiger partial charge in [0.05, 0.1) is 30.2 Å². The average Bonchev–Trinajstić information content (AvgIpc) is 2.84. The number of nitrogens with one attached hydrogen (secondary N) is 1. The molecule has 1 fully saturated rings. The Balaban J connectivity index is 0.00000342. The van der Waals surface area contributed by atoms with Crippen LogP contribution in [-0.2, 0) is 22.3 Å². The molecule has 35 heavy (non-hydrogen) atoms. The summed E-state index contributed by atoms with van der Waals surface area (Å²) in [6.07, 6.45) is -1.35. The van der Waals surface area contributed by atoms with Crippen molar-refractivity contribution in [1.82, 2.24) is 0 Å². The van der Waals surface area contributed by atoms with E-state index in [4.69, 9.17) is 4.74 Å². The number of hydrogen-bond donors (Lipinski definition) is 1. The predicted molar refractivity (Wildman–Crippen MR) is 120 cm³/mol. The van der Waals surface area contributed by atoms with Crippen LogP contribution in [0.25, 0.3) is 0 Å². The third kappa shape index (κ3) is 6.58. The topological polar surface area (TPSA) is 62.5 Å². The fourth-order valence-corrected chi connectivity index (χ4v) is 3.72. The Morgan fingerprint density at radius 2 is 1.57 bits per heavy atom. The van der Waals surface area contributed by atoms with Gasteiger partial charge in [0.25, 0.3) is 5.91 Å². The van der Waals surface area contributed by atoms with E-state index in [1.165, 1.54) is 6.07 Å². The van der Waals surface area contributed by atoms with Gasteiger partial charge >= 0.3 is 6.18 Å². The Kier molecular flexibility index (Phi) is 8.48. The van der Waals surface area contributed by atoms with Crippen LogP contribution in [-0.4, -0.2) is 38.0 Å². The Morgan fingerprint density at radius 1 is 0.943 bits per heavy atom. The largest absolute Gasteiger partial charge is 1.00 e. The van der Waals surface area contributed by atoms with Gasteiger partial charge in [-0.3, -0.25) is 9.59 Å². The molecule has 184 valence electrons. The summed E-state index contributed by atoms with van der Waals surface area (Å²) < 4.78 is 46.7. The van der Waals surface area contributed by atoms with Crippen molar-refractivity contribution in [1.29, 1.82) is 0 Å². The molecule has 0 atom stereocenters. The number of rotatable bonds is 6. The molecule has 2 heterocycles. The molecular weight excluding hydrogens is 483 g/mol. The van der Waals surface area contributed by atoms with Crippen molar-refractivity contribution >= 4 is 23.1 Å². The van der Waals surface area contributed by atoms with E-state index in [1.54, 1.807) is 53.4 Å².